The quantitative estimate of drug-likeness (QED) is 0.726. The first-order valence-corrected chi connectivity index (χ1v) is 4.43. The van der Waals surface area contributed by atoms with Gasteiger partial charge < -0.3 is 4.74 Å². The summed E-state index contributed by atoms with van der Waals surface area (Å²) in [7, 11) is 0. The molecular formula is C12H8F2O. The second-order valence-corrected chi connectivity index (χ2v) is 3.01. The Bertz CT molecular complexity index is 451. The lowest BCUT2D eigenvalue weighted by Gasteiger charge is -2.04. The van der Waals surface area contributed by atoms with Gasteiger partial charge in [-0.1, -0.05) is 6.07 Å². The zero-order valence-electron chi connectivity index (χ0n) is 7.78. The predicted octanol–water partition coefficient (Wildman–Crippen LogP) is 3.76. The van der Waals surface area contributed by atoms with E-state index in [1.54, 1.807) is 12.1 Å². The summed E-state index contributed by atoms with van der Waals surface area (Å²) >= 11 is 0. The molecule has 76 valence electrons. The molecular weight excluding hydrogens is 198 g/mol. The molecule has 15 heavy (non-hydrogen) atoms. The van der Waals surface area contributed by atoms with E-state index in [-0.39, 0.29) is 11.6 Å². The van der Waals surface area contributed by atoms with Gasteiger partial charge in [0.05, 0.1) is 0 Å². The molecule has 3 heteroatoms. The van der Waals surface area contributed by atoms with Gasteiger partial charge in [0.2, 0.25) is 0 Å². The number of hydrogen-bond donors (Lipinski definition) is 0. The summed E-state index contributed by atoms with van der Waals surface area (Å²) in [6.07, 6.45) is 0. The van der Waals surface area contributed by atoms with Gasteiger partial charge in [-0.3, -0.25) is 0 Å². The predicted molar refractivity (Wildman–Crippen MR) is 52.9 cm³/mol. The van der Waals surface area contributed by atoms with E-state index in [2.05, 4.69) is 0 Å². The number of rotatable bonds is 2. The molecule has 0 unspecified atom stereocenters. The van der Waals surface area contributed by atoms with Crippen LogP contribution >= 0.6 is 0 Å². The van der Waals surface area contributed by atoms with Gasteiger partial charge in [0.1, 0.15) is 23.1 Å². The Balaban J connectivity index is 2.18. The Morgan fingerprint density at radius 1 is 0.733 bits per heavy atom. The molecule has 0 saturated carbocycles. The van der Waals surface area contributed by atoms with Crippen molar-refractivity contribution in [1.82, 2.24) is 0 Å². The average molecular weight is 206 g/mol. The van der Waals surface area contributed by atoms with Crippen molar-refractivity contribution < 1.29 is 13.5 Å². The molecule has 0 atom stereocenters. The third-order valence-electron chi connectivity index (χ3n) is 1.85. The van der Waals surface area contributed by atoms with Crippen molar-refractivity contribution in [2.24, 2.45) is 0 Å². The molecule has 0 amide bonds. The summed E-state index contributed by atoms with van der Waals surface area (Å²) in [5.74, 6) is 0.166. The molecule has 0 radical (unpaired) electrons. The van der Waals surface area contributed by atoms with Crippen LogP contribution in [0, 0.1) is 11.6 Å². The first-order chi connectivity index (χ1) is 7.24. The lowest BCUT2D eigenvalue weighted by molar-refractivity contribution is 0.475. The molecule has 0 bridgehead atoms. The summed E-state index contributed by atoms with van der Waals surface area (Å²) in [5.41, 5.74) is 0. The van der Waals surface area contributed by atoms with Gasteiger partial charge in [0.25, 0.3) is 0 Å². The second-order valence-electron chi connectivity index (χ2n) is 3.01. The highest BCUT2D eigenvalue weighted by molar-refractivity contribution is 5.31. The van der Waals surface area contributed by atoms with E-state index in [1.807, 2.05) is 0 Å². The van der Waals surface area contributed by atoms with Crippen LogP contribution in [0.3, 0.4) is 0 Å². The smallest absolute Gasteiger partial charge is 0.130 e. The van der Waals surface area contributed by atoms with Crippen LogP contribution in [-0.4, -0.2) is 0 Å². The second kappa shape index (κ2) is 4.09. The van der Waals surface area contributed by atoms with Gasteiger partial charge in [-0.25, -0.2) is 8.78 Å². The number of ether oxygens (including phenoxy) is 1. The van der Waals surface area contributed by atoms with Gasteiger partial charge in [0.15, 0.2) is 0 Å². The molecule has 2 aromatic rings. The third-order valence-corrected chi connectivity index (χ3v) is 1.85. The van der Waals surface area contributed by atoms with Crippen molar-refractivity contribution in [1.29, 1.82) is 0 Å². The van der Waals surface area contributed by atoms with Crippen molar-refractivity contribution in [3.05, 3.63) is 60.2 Å². The molecule has 0 aromatic heterocycles. The molecule has 0 aliphatic heterocycles. The number of halogens is 2. The van der Waals surface area contributed by atoms with Crippen LogP contribution in [0.25, 0.3) is 0 Å². The highest BCUT2D eigenvalue weighted by Gasteiger charge is 1.98. The van der Waals surface area contributed by atoms with E-state index in [0.29, 0.717) is 11.5 Å². The normalized spacial score (nSPS) is 10.0. The Hall–Kier alpha value is -1.90. The van der Waals surface area contributed by atoms with Crippen molar-refractivity contribution >= 4 is 0 Å². The first kappa shape index (κ1) is 9.65. The van der Waals surface area contributed by atoms with Crippen LogP contribution in [0.1, 0.15) is 0 Å². The van der Waals surface area contributed by atoms with Crippen molar-refractivity contribution in [3.63, 3.8) is 0 Å². The maximum absolute atomic E-state index is 12.8. The molecule has 2 aromatic carbocycles. The molecule has 0 spiro atoms. The maximum atomic E-state index is 12.8. The largest absolute Gasteiger partial charge is 0.457 e. The number of benzene rings is 2. The van der Waals surface area contributed by atoms with E-state index < -0.39 is 0 Å². The third kappa shape index (κ3) is 2.53. The topological polar surface area (TPSA) is 9.23 Å². The molecule has 0 N–H and O–H groups in total. The van der Waals surface area contributed by atoms with Gasteiger partial charge in [-0.15, -0.1) is 0 Å². The minimum absolute atomic E-state index is 0.332. The van der Waals surface area contributed by atoms with Crippen LogP contribution in [0.2, 0.25) is 0 Å². The molecule has 2 rings (SSSR count). The van der Waals surface area contributed by atoms with E-state index in [4.69, 9.17) is 4.74 Å². The minimum atomic E-state index is -0.366. The van der Waals surface area contributed by atoms with Crippen LogP contribution in [-0.2, 0) is 0 Å². The van der Waals surface area contributed by atoms with Gasteiger partial charge in [0, 0.05) is 6.07 Å². The molecule has 0 aliphatic rings. The lowest BCUT2D eigenvalue weighted by atomic mass is 10.3. The fourth-order valence-corrected chi connectivity index (χ4v) is 1.17. The highest BCUT2D eigenvalue weighted by atomic mass is 19.1. The highest BCUT2D eigenvalue weighted by Crippen LogP contribution is 2.21. The molecule has 0 aliphatic carbocycles. The average Bonchev–Trinajstić information content (AvgIpc) is 2.22. The van der Waals surface area contributed by atoms with E-state index in [1.165, 1.54) is 36.4 Å². The molecule has 1 nitrogen and oxygen atoms in total. The fraction of sp³-hybridized carbons (Fsp3) is 0. The van der Waals surface area contributed by atoms with Gasteiger partial charge >= 0.3 is 0 Å². The Morgan fingerprint density at radius 2 is 1.47 bits per heavy atom. The number of hydrogen-bond acceptors (Lipinski definition) is 1. The Kier molecular flexibility index (Phi) is 2.63. The van der Waals surface area contributed by atoms with Crippen molar-refractivity contribution in [2.75, 3.05) is 0 Å². The van der Waals surface area contributed by atoms with Gasteiger partial charge in [-0.05, 0) is 36.4 Å². The summed E-state index contributed by atoms with van der Waals surface area (Å²) in [4.78, 5) is 0. The standard InChI is InChI=1S/C12H8F2O/c13-9-4-6-11(7-5-9)15-12-3-1-2-10(14)8-12/h1-8H. The van der Waals surface area contributed by atoms with E-state index in [9.17, 15) is 8.78 Å². The van der Waals surface area contributed by atoms with Crippen LogP contribution < -0.4 is 4.74 Å². The zero-order valence-corrected chi connectivity index (χ0v) is 7.78. The van der Waals surface area contributed by atoms with Crippen molar-refractivity contribution in [3.8, 4) is 11.5 Å². The fourth-order valence-electron chi connectivity index (χ4n) is 1.17. The zero-order chi connectivity index (χ0) is 10.7. The SMILES string of the molecule is Fc1ccc(Oc2cccc(F)c2)cc1. The molecule has 0 fully saturated rings. The summed E-state index contributed by atoms with van der Waals surface area (Å²) in [6.45, 7) is 0. The summed E-state index contributed by atoms with van der Waals surface area (Å²) in [5, 5.41) is 0. The summed E-state index contributed by atoms with van der Waals surface area (Å²) < 4.78 is 30.7. The minimum Gasteiger partial charge on any atom is -0.457 e. The lowest BCUT2D eigenvalue weighted by Crippen LogP contribution is -1.85. The maximum Gasteiger partial charge on any atom is 0.130 e. The van der Waals surface area contributed by atoms with Crippen LogP contribution in [0.5, 0.6) is 11.5 Å². The summed E-state index contributed by atoms with van der Waals surface area (Å²) in [6, 6.07) is 11.3. The Morgan fingerprint density at radius 3 is 2.13 bits per heavy atom. The Labute approximate surface area is 85.9 Å². The molecule has 0 heterocycles. The van der Waals surface area contributed by atoms with Gasteiger partial charge in [-0.2, -0.15) is 0 Å². The molecule has 0 saturated heterocycles. The first-order valence-electron chi connectivity index (χ1n) is 4.43. The van der Waals surface area contributed by atoms with Crippen molar-refractivity contribution in [2.45, 2.75) is 0 Å². The van der Waals surface area contributed by atoms with Crippen LogP contribution in [0.15, 0.2) is 48.5 Å². The van der Waals surface area contributed by atoms with Crippen LogP contribution in [0.4, 0.5) is 8.78 Å². The van der Waals surface area contributed by atoms with E-state index >= 15 is 0 Å². The van der Waals surface area contributed by atoms with E-state index in [0.717, 1.165) is 0 Å². The monoisotopic (exact) mass is 206 g/mol.